The van der Waals surface area contributed by atoms with Crippen molar-refractivity contribution in [2.24, 2.45) is 0 Å². The molecule has 0 aliphatic rings. The Balaban J connectivity index is 1.94. The van der Waals surface area contributed by atoms with Crippen LogP contribution in [0.15, 0.2) is 54.6 Å². The molecule has 0 radical (unpaired) electrons. The molecule has 0 fully saturated rings. The average molecular weight is 324 g/mol. The lowest BCUT2D eigenvalue weighted by Gasteiger charge is -2.20. The summed E-state index contributed by atoms with van der Waals surface area (Å²) in [4.78, 5) is 36.7. The molecule has 0 spiro atoms. The molecule has 0 aliphatic carbocycles. The second kappa shape index (κ2) is 8.06. The predicted molar refractivity (Wildman–Crippen MR) is 94.2 cm³/mol. The van der Waals surface area contributed by atoms with E-state index in [2.05, 4.69) is 5.32 Å². The van der Waals surface area contributed by atoms with Crippen molar-refractivity contribution in [3.8, 4) is 0 Å². The summed E-state index contributed by atoms with van der Waals surface area (Å²) in [6.07, 6.45) is 0.183. The molecule has 24 heavy (non-hydrogen) atoms. The van der Waals surface area contributed by atoms with Crippen LogP contribution in [-0.4, -0.2) is 24.1 Å². The standard InChI is InChI=1S/C19H20N2O3/c1-14(22)16-8-10-17(11-9-16)20-19(24)12-13-21(15(2)23)18-6-4-3-5-7-18/h3-11H,12-13H2,1-2H3,(H,20,24). The van der Waals surface area contributed by atoms with Gasteiger partial charge >= 0.3 is 0 Å². The second-order valence-electron chi connectivity index (χ2n) is 5.44. The van der Waals surface area contributed by atoms with Crippen molar-refractivity contribution in [3.05, 3.63) is 60.2 Å². The third-order valence-corrected chi connectivity index (χ3v) is 3.59. The smallest absolute Gasteiger partial charge is 0.226 e. The topological polar surface area (TPSA) is 66.5 Å². The summed E-state index contributed by atoms with van der Waals surface area (Å²) < 4.78 is 0. The van der Waals surface area contributed by atoms with E-state index in [0.29, 0.717) is 17.8 Å². The van der Waals surface area contributed by atoms with Gasteiger partial charge in [-0.25, -0.2) is 0 Å². The van der Waals surface area contributed by atoms with Crippen LogP contribution in [0.1, 0.15) is 30.6 Å². The highest BCUT2D eigenvalue weighted by molar-refractivity contribution is 5.96. The molecule has 0 heterocycles. The minimum Gasteiger partial charge on any atom is -0.326 e. The highest BCUT2D eigenvalue weighted by atomic mass is 16.2. The summed E-state index contributed by atoms with van der Waals surface area (Å²) in [7, 11) is 0. The Hall–Kier alpha value is -2.95. The number of para-hydroxylation sites is 1. The lowest BCUT2D eigenvalue weighted by molar-refractivity contribution is -0.117. The Bertz CT molecular complexity index is 724. The van der Waals surface area contributed by atoms with Crippen molar-refractivity contribution in [2.45, 2.75) is 20.3 Å². The van der Waals surface area contributed by atoms with Gasteiger partial charge in [0.25, 0.3) is 0 Å². The lowest BCUT2D eigenvalue weighted by Crippen LogP contribution is -2.31. The van der Waals surface area contributed by atoms with E-state index >= 15 is 0 Å². The normalized spacial score (nSPS) is 10.1. The Morgan fingerprint density at radius 1 is 0.917 bits per heavy atom. The number of anilines is 2. The van der Waals surface area contributed by atoms with Gasteiger partial charge in [0.15, 0.2) is 5.78 Å². The van der Waals surface area contributed by atoms with Crippen LogP contribution in [-0.2, 0) is 9.59 Å². The van der Waals surface area contributed by atoms with Crippen molar-refractivity contribution in [3.63, 3.8) is 0 Å². The van der Waals surface area contributed by atoms with Crippen LogP contribution >= 0.6 is 0 Å². The third kappa shape index (κ3) is 4.78. The summed E-state index contributed by atoms with van der Waals surface area (Å²) in [6, 6.07) is 16.0. The molecule has 0 atom stereocenters. The second-order valence-corrected chi connectivity index (χ2v) is 5.44. The van der Waals surface area contributed by atoms with E-state index < -0.39 is 0 Å². The summed E-state index contributed by atoms with van der Waals surface area (Å²) >= 11 is 0. The van der Waals surface area contributed by atoms with Crippen molar-refractivity contribution >= 4 is 29.0 Å². The zero-order valence-electron chi connectivity index (χ0n) is 13.8. The van der Waals surface area contributed by atoms with Gasteiger partial charge in [0.1, 0.15) is 0 Å². The average Bonchev–Trinajstić information content (AvgIpc) is 2.56. The predicted octanol–water partition coefficient (Wildman–Crippen LogP) is 3.27. The molecule has 2 amide bonds. The quantitative estimate of drug-likeness (QED) is 0.829. The van der Waals surface area contributed by atoms with Gasteiger partial charge in [0.2, 0.25) is 11.8 Å². The van der Waals surface area contributed by atoms with Gasteiger partial charge in [-0.05, 0) is 43.3 Å². The molecule has 124 valence electrons. The fourth-order valence-corrected chi connectivity index (χ4v) is 2.30. The fourth-order valence-electron chi connectivity index (χ4n) is 2.30. The number of hydrogen-bond donors (Lipinski definition) is 1. The molecular weight excluding hydrogens is 304 g/mol. The summed E-state index contributed by atoms with van der Waals surface area (Å²) in [5, 5.41) is 2.77. The van der Waals surface area contributed by atoms with Gasteiger partial charge in [-0.2, -0.15) is 0 Å². The number of Topliss-reactive ketones (excluding diaryl/α,β-unsaturated/α-hetero) is 1. The van der Waals surface area contributed by atoms with Crippen molar-refractivity contribution in [2.75, 3.05) is 16.8 Å². The van der Waals surface area contributed by atoms with Crippen molar-refractivity contribution in [1.29, 1.82) is 0 Å². The SMILES string of the molecule is CC(=O)c1ccc(NC(=O)CCN(C(C)=O)c2ccccc2)cc1. The molecule has 0 aromatic heterocycles. The Morgan fingerprint density at radius 3 is 2.08 bits per heavy atom. The number of benzene rings is 2. The van der Waals surface area contributed by atoms with E-state index in [1.807, 2.05) is 30.3 Å². The van der Waals surface area contributed by atoms with Crippen LogP contribution in [0.25, 0.3) is 0 Å². The molecule has 2 aromatic carbocycles. The molecule has 0 saturated heterocycles. The highest BCUT2D eigenvalue weighted by Crippen LogP contribution is 2.15. The molecule has 5 heteroatoms. The van der Waals surface area contributed by atoms with Crippen LogP contribution in [0, 0.1) is 0 Å². The zero-order chi connectivity index (χ0) is 17.5. The van der Waals surface area contributed by atoms with Gasteiger partial charge in [-0.15, -0.1) is 0 Å². The Morgan fingerprint density at radius 2 is 1.54 bits per heavy atom. The number of amides is 2. The molecule has 2 aromatic rings. The molecular formula is C19H20N2O3. The van der Waals surface area contributed by atoms with Gasteiger partial charge in [-0.1, -0.05) is 18.2 Å². The van der Waals surface area contributed by atoms with Crippen molar-refractivity contribution < 1.29 is 14.4 Å². The first-order chi connectivity index (χ1) is 11.5. The van der Waals surface area contributed by atoms with E-state index in [1.54, 1.807) is 29.2 Å². The maximum atomic E-state index is 12.1. The molecule has 0 aliphatic heterocycles. The fraction of sp³-hybridized carbons (Fsp3) is 0.211. The summed E-state index contributed by atoms with van der Waals surface area (Å²) in [5.41, 5.74) is 1.99. The number of rotatable bonds is 6. The van der Waals surface area contributed by atoms with Crippen LogP contribution in [0.5, 0.6) is 0 Å². The monoisotopic (exact) mass is 324 g/mol. The third-order valence-electron chi connectivity index (χ3n) is 3.59. The summed E-state index contributed by atoms with van der Waals surface area (Å²) in [5.74, 6) is -0.319. The molecule has 0 saturated carbocycles. The number of nitrogens with one attached hydrogen (secondary N) is 1. The molecule has 1 N–H and O–H groups in total. The minimum atomic E-state index is -0.187. The molecule has 5 nitrogen and oxygen atoms in total. The maximum absolute atomic E-state index is 12.1. The Labute approximate surface area is 141 Å². The van der Waals surface area contributed by atoms with E-state index in [1.165, 1.54) is 13.8 Å². The van der Waals surface area contributed by atoms with Crippen LogP contribution in [0.3, 0.4) is 0 Å². The highest BCUT2D eigenvalue weighted by Gasteiger charge is 2.13. The van der Waals surface area contributed by atoms with Crippen LogP contribution < -0.4 is 10.2 Å². The largest absolute Gasteiger partial charge is 0.326 e. The minimum absolute atomic E-state index is 0.0205. The maximum Gasteiger partial charge on any atom is 0.226 e. The summed E-state index contributed by atoms with van der Waals surface area (Å²) in [6.45, 7) is 3.27. The van der Waals surface area contributed by atoms with E-state index in [-0.39, 0.29) is 24.0 Å². The first-order valence-corrected chi connectivity index (χ1v) is 7.71. The van der Waals surface area contributed by atoms with Crippen LogP contribution in [0.4, 0.5) is 11.4 Å². The van der Waals surface area contributed by atoms with Crippen molar-refractivity contribution in [1.82, 2.24) is 0 Å². The van der Waals surface area contributed by atoms with E-state index in [9.17, 15) is 14.4 Å². The number of nitrogens with zero attached hydrogens (tertiary/aromatic N) is 1. The number of ketones is 1. The molecule has 0 unspecified atom stereocenters. The molecule has 0 bridgehead atoms. The first kappa shape index (κ1) is 17.4. The lowest BCUT2D eigenvalue weighted by atomic mass is 10.1. The first-order valence-electron chi connectivity index (χ1n) is 7.71. The van der Waals surface area contributed by atoms with E-state index in [0.717, 1.165) is 5.69 Å². The van der Waals surface area contributed by atoms with Gasteiger partial charge in [0, 0.05) is 36.8 Å². The van der Waals surface area contributed by atoms with E-state index in [4.69, 9.17) is 0 Å². The van der Waals surface area contributed by atoms with Gasteiger partial charge in [0.05, 0.1) is 0 Å². The number of hydrogen-bond acceptors (Lipinski definition) is 3. The number of carbonyl (C=O) groups excluding carboxylic acids is 3. The van der Waals surface area contributed by atoms with Gasteiger partial charge < -0.3 is 10.2 Å². The molecule has 2 rings (SSSR count). The van der Waals surface area contributed by atoms with Crippen LogP contribution in [0.2, 0.25) is 0 Å². The Kier molecular flexibility index (Phi) is 5.84. The van der Waals surface area contributed by atoms with Gasteiger partial charge in [-0.3, -0.25) is 14.4 Å². The number of carbonyl (C=O) groups is 3. The zero-order valence-corrected chi connectivity index (χ0v) is 13.8.